The summed E-state index contributed by atoms with van der Waals surface area (Å²) in [7, 11) is 0. The van der Waals surface area contributed by atoms with E-state index in [1.165, 1.54) is 0 Å². The van der Waals surface area contributed by atoms with Gasteiger partial charge >= 0.3 is 0 Å². The van der Waals surface area contributed by atoms with Crippen molar-refractivity contribution in [2.75, 3.05) is 13.1 Å². The first-order chi connectivity index (χ1) is 13.2. The van der Waals surface area contributed by atoms with Crippen LogP contribution in [0.5, 0.6) is 0 Å². The van der Waals surface area contributed by atoms with Crippen LogP contribution in [0.25, 0.3) is 11.0 Å². The molecule has 138 valence electrons. The van der Waals surface area contributed by atoms with Crippen LogP contribution in [0.1, 0.15) is 28.8 Å². The molecule has 27 heavy (non-hydrogen) atoms. The van der Waals surface area contributed by atoms with E-state index in [-0.39, 0.29) is 17.9 Å². The Hall–Kier alpha value is -2.79. The third-order valence-electron chi connectivity index (χ3n) is 5.39. The van der Waals surface area contributed by atoms with E-state index < -0.39 is 0 Å². The van der Waals surface area contributed by atoms with Gasteiger partial charge in [-0.05, 0) is 42.9 Å². The van der Waals surface area contributed by atoms with Crippen LogP contribution in [0, 0.1) is 5.92 Å². The molecule has 0 unspecified atom stereocenters. The van der Waals surface area contributed by atoms with Gasteiger partial charge in [0.25, 0.3) is 5.91 Å². The molecule has 4 rings (SSSR count). The van der Waals surface area contributed by atoms with Crippen LogP contribution < -0.4 is 0 Å². The first kappa shape index (κ1) is 17.6. The van der Waals surface area contributed by atoms with Crippen molar-refractivity contribution in [3.63, 3.8) is 0 Å². The number of likely N-dealkylation sites (tertiary alicyclic amines) is 1. The standard InChI is InChI=1S/C22H23N3O2/c26-20(15-16-5-2-1-3-6-16)17-9-13-25(14-10-17)22(27)18-7-4-8-19-21(18)24-12-11-23-19/h1-8,11-12,17,20,26H,9-10,13-15H2/t20-/m0/s1. The number of carbonyl (C=O) groups is 1. The SMILES string of the molecule is O=C(c1cccc2nccnc12)N1CCC([C@@H](O)Cc2ccccc2)CC1. The van der Waals surface area contributed by atoms with E-state index in [1.54, 1.807) is 12.4 Å². The fraction of sp³-hybridized carbons (Fsp3) is 0.318. The first-order valence-corrected chi connectivity index (χ1v) is 9.43. The van der Waals surface area contributed by atoms with E-state index in [1.807, 2.05) is 53.4 Å². The van der Waals surface area contributed by atoms with Crippen molar-refractivity contribution in [1.82, 2.24) is 14.9 Å². The van der Waals surface area contributed by atoms with Gasteiger partial charge in [0.15, 0.2) is 0 Å². The van der Waals surface area contributed by atoms with Crippen LogP contribution in [-0.2, 0) is 6.42 Å². The molecule has 5 heteroatoms. The fourth-order valence-corrected chi connectivity index (χ4v) is 3.85. The lowest BCUT2D eigenvalue weighted by molar-refractivity contribution is 0.0468. The zero-order valence-corrected chi connectivity index (χ0v) is 15.2. The van der Waals surface area contributed by atoms with Gasteiger partial charge in [-0.15, -0.1) is 0 Å². The van der Waals surface area contributed by atoms with E-state index in [9.17, 15) is 9.90 Å². The number of hydrogen-bond donors (Lipinski definition) is 1. The van der Waals surface area contributed by atoms with Crippen molar-refractivity contribution in [1.29, 1.82) is 0 Å². The Kier molecular flexibility index (Phi) is 5.12. The second-order valence-electron chi connectivity index (χ2n) is 7.12. The molecule has 3 aromatic rings. The second kappa shape index (κ2) is 7.84. The summed E-state index contributed by atoms with van der Waals surface area (Å²) in [6.07, 6.45) is 5.18. The van der Waals surface area contributed by atoms with Crippen LogP contribution in [-0.4, -0.2) is 45.1 Å². The zero-order chi connectivity index (χ0) is 18.6. The molecule has 0 radical (unpaired) electrons. The smallest absolute Gasteiger partial charge is 0.256 e. The number of aromatic nitrogens is 2. The van der Waals surface area contributed by atoms with Crippen LogP contribution >= 0.6 is 0 Å². The molecule has 1 atom stereocenters. The van der Waals surface area contributed by atoms with Gasteiger partial charge in [-0.3, -0.25) is 14.8 Å². The lowest BCUT2D eigenvalue weighted by atomic mass is 9.87. The number of hydrogen-bond acceptors (Lipinski definition) is 4. The van der Waals surface area contributed by atoms with Crippen LogP contribution in [0.15, 0.2) is 60.9 Å². The van der Waals surface area contributed by atoms with Gasteiger partial charge in [-0.25, -0.2) is 0 Å². The summed E-state index contributed by atoms with van der Waals surface area (Å²) in [5.41, 5.74) is 3.13. The molecular weight excluding hydrogens is 338 g/mol. The van der Waals surface area contributed by atoms with E-state index in [4.69, 9.17) is 0 Å². The number of benzene rings is 2. The minimum Gasteiger partial charge on any atom is -0.392 e. The Morgan fingerprint density at radius 1 is 1.04 bits per heavy atom. The largest absolute Gasteiger partial charge is 0.392 e. The van der Waals surface area contributed by atoms with Crippen molar-refractivity contribution >= 4 is 16.9 Å². The maximum atomic E-state index is 13.0. The van der Waals surface area contributed by atoms with Crippen molar-refractivity contribution in [3.05, 3.63) is 72.1 Å². The number of amides is 1. The minimum absolute atomic E-state index is 0.00269. The Morgan fingerprint density at radius 2 is 1.78 bits per heavy atom. The fourth-order valence-electron chi connectivity index (χ4n) is 3.85. The van der Waals surface area contributed by atoms with Crippen LogP contribution in [0.3, 0.4) is 0 Å². The number of piperidine rings is 1. The summed E-state index contributed by atoms with van der Waals surface area (Å²) < 4.78 is 0. The minimum atomic E-state index is -0.368. The molecule has 1 N–H and O–H groups in total. The summed E-state index contributed by atoms with van der Waals surface area (Å²) >= 11 is 0. The average molecular weight is 361 g/mol. The summed E-state index contributed by atoms with van der Waals surface area (Å²) in [5.74, 6) is 0.221. The number of aliphatic hydroxyl groups excluding tert-OH is 1. The monoisotopic (exact) mass is 361 g/mol. The number of aliphatic hydroxyl groups is 1. The molecule has 1 aromatic heterocycles. The Balaban J connectivity index is 1.40. The molecule has 1 aliphatic rings. The molecular formula is C22H23N3O2. The van der Waals surface area contributed by atoms with Crippen molar-refractivity contribution < 1.29 is 9.90 Å². The van der Waals surface area contributed by atoms with Gasteiger partial charge in [0.2, 0.25) is 0 Å². The van der Waals surface area contributed by atoms with E-state index >= 15 is 0 Å². The second-order valence-corrected chi connectivity index (χ2v) is 7.12. The zero-order valence-electron chi connectivity index (χ0n) is 15.2. The molecule has 0 spiro atoms. The van der Waals surface area contributed by atoms with Gasteiger partial charge in [0, 0.05) is 25.5 Å². The Labute approximate surface area is 158 Å². The van der Waals surface area contributed by atoms with Crippen LogP contribution in [0.2, 0.25) is 0 Å². The number of para-hydroxylation sites is 1. The highest BCUT2D eigenvalue weighted by molar-refractivity contribution is 6.04. The van der Waals surface area contributed by atoms with Gasteiger partial charge < -0.3 is 10.0 Å². The number of nitrogens with zero attached hydrogens (tertiary/aromatic N) is 3. The third-order valence-corrected chi connectivity index (χ3v) is 5.39. The first-order valence-electron chi connectivity index (χ1n) is 9.43. The predicted octanol–water partition coefficient (Wildman–Crippen LogP) is 3.09. The summed E-state index contributed by atoms with van der Waals surface area (Å²) in [4.78, 5) is 23.5. The molecule has 0 bridgehead atoms. The van der Waals surface area contributed by atoms with E-state index in [0.29, 0.717) is 30.6 Å². The van der Waals surface area contributed by atoms with Gasteiger partial charge in [-0.2, -0.15) is 0 Å². The molecule has 1 saturated heterocycles. The van der Waals surface area contributed by atoms with Gasteiger partial charge in [-0.1, -0.05) is 36.4 Å². The summed E-state index contributed by atoms with van der Waals surface area (Å²) in [5, 5.41) is 10.6. The van der Waals surface area contributed by atoms with Gasteiger partial charge in [0.05, 0.1) is 17.2 Å². The molecule has 2 heterocycles. The summed E-state index contributed by atoms with van der Waals surface area (Å²) in [6.45, 7) is 1.32. The van der Waals surface area contributed by atoms with Crippen LogP contribution in [0.4, 0.5) is 0 Å². The normalized spacial score (nSPS) is 16.4. The van der Waals surface area contributed by atoms with Crippen molar-refractivity contribution in [2.45, 2.75) is 25.4 Å². The highest BCUT2D eigenvalue weighted by Crippen LogP contribution is 2.25. The Morgan fingerprint density at radius 3 is 2.56 bits per heavy atom. The molecule has 1 aliphatic heterocycles. The van der Waals surface area contributed by atoms with E-state index in [0.717, 1.165) is 23.9 Å². The lowest BCUT2D eigenvalue weighted by Crippen LogP contribution is -2.41. The Bertz CT molecular complexity index is 916. The van der Waals surface area contributed by atoms with Gasteiger partial charge in [0.1, 0.15) is 5.52 Å². The maximum absolute atomic E-state index is 13.0. The molecule has 2 aromatic carbocycles. The predicted molar refractivity (Wildman–Crippen MR) is 104 cm³/mol. The molecule has 0 saturated carbocycles. The maximum Gasteiger partial charge on any atom is 0.256 e. The third kappa shape index (κ3) is 3.83. The summed E-state index contributed by atoms with van der Waals surface area (Å²) in [6, 6.07) is 15.6. The quantitative estimate of drug-likeness (QED) is 0.775. The highest BCUT2D eigenvalue weighted by atomic mass is 16.3. The topological polar surface area (TPSA) is 66.3 Å². The van der Waals surface area contributed by atoms with Crippen molar-refractivity contribution in [2.24, 2.45) is 5.92 Å². The van der Waals surface area contributed by atoms with E-state index in [2.05, 4.69) is 9.97 Å². The number of carbonyl (C=O) groups excluding carboxylic acids is 1. The molecule has 0 aliphatic carbocycles. The highest BCUT2D eigenvalue weighted by Gasteiger charge is 2.28. The lowest BCUT2D eigenvalue weighted by Gasteiger charge is -2.34. The average Bonchev–Trinajstić information content (AvgIpc) is 2.73. The van der Waals surface area contributed by atoms with Crippen molar-refractivity contribution in [3.8, 4) is 0 Å². The molecule has 1 fully saturated rings. The molecule has 1 amide bonds. The number of fused-ring (bicyclic) bond motifs is 1. The molecule has 5 nitrogen and oxygen atoms in total. The number of rotatable bonds is 4.